The lowest BCUT2D eigenvalue weighted by atomic mass is 9.95. The molecular formula is C39H41F4N5O5. The first-order valence-corrected chi connectivity index (χ1v) is 18.0. The van der Waals surface area contributed by atoms with Crippen molar-refractivity contribution in [3.63, 3.8) is 0 Å². The van der Waals surface area contributed by atoms with Gasteiger partial charge >= 0.3 is 12.1 Å². The Morgan fingerprint density at radius 2 is 1.89 bits per heavy atom. The predicted octanol–water partition coefficient (Wildman–Crippen LogP) is 7.76. The maximum atomic E-state index is 17.1. The number of benzene rings is 2. The fourth-order valence-electron chi connectivity index (χ4n) is 8.55. The van der Waals surface area contributed by atoms with Gasteiger partial charge < -0.3 is 18.9 Å². The normalized spacial score (nSPS) is 24.2. The summed E-state index contributed by atoms with van der Waals surface area (Å²) in [6, 6.07) is 4.71. The Hall–Kier alpha value is -4.56. The Bertz CT molecular complexity index is 2140. The molecule has 4 atom stereocenters. The van der Waals surface area contributed by atoms with E-state index in [2.05, 4.69) is 14.9 Å². The molecule has 14 heteroatoms. The highest BCUT2D eigenvalue weighted by Crippen LogP contribution is 2.44. The van der Waals surface area contributed by atoms with Gasteiger partial charge in [-0.05, 0) is 88.6 Å². The molecule has 0 spiro atoms. The standard InChI is InChI=1S/C39H41F4N5O5/c1-38(2,3)53-37(49)48-24-7-8-25(48)13-22(12-24)33-28-17-44-34(27-15-26(52-20-50-4)14-21-6-9-29(41)31(42)30(21)27)32(43)35(28)46-36(45-33)51-19-39-10-5-11-47(39)18-23(40)16-39/h6,9,12,14-15,17,23-25H,5,7-8,10-11,13,16,18-20H2,1-4H3/t23-,24?,25?,39+/m1/s1. The van der Waals surface area contributed by atoms with Crippen molar-refractivity contribution in [3.05, 3.63) is 59.7 Å². The van der Waals surface area contributed by atoms with Gasteiger partial charge in [0, 0.05) is 48.6 Å². The van der Waals surface area contributed by atoms with Gasteiger partial charge in [-0.15, -0.1) is 0 Å². The second-order valence-corrected chi connectivity index (χ2v) is 15.5. The van der Waals surface area contributed by atoms with Crippen molar-refractivity contribution in [2.24, 2.45) is 0 Å². The second kappa shape index (κ2) is 13.4. The van der Waals surface area contributed by atoms with Crippen molar-refractivity contribution in [2.45, 2.75) is 88.7 Å². The molecule has 2 aromatic carbocycles. The average molecular weight is 736 g/mol. The molecule has 1 amide bonds. The average Bonchev–Trinajstić information content (AvgIpc) is 3.73. The van der Waals surface area contributed by atoms with Crippen molar-refractivity contribution < 1.29 is 41.3 Å². The van der Waals surface area contributed by atoms with E-state index in [4.69, 9.17) is 23.9 Å². The molecule has 0 aliphatic carbocycles. The van der Waals surface area contributed by atoms with Crippen molar-refractivity contribution >= 4 is 33.3 Å². The molecule has 53 heavy (non-hydrogen) atoms. The predicted molar refractivity (Wildman–Crippen MR) is 189 cm³/mol. The number of fused-ring (bicyclic) bond motifs is 5. The van der Waals surface area contributed by atoms with Crippen LogP contribution in [0.1, 0.15) is 65.0 Å². The molecule has 2 unspecified atom stereocenters. The first-order valence-electron chi connectivity index (χ1n) is 18.0. The van der Waals surface area contributed by atoms with Crippen LogP contribution in [-0.4, -0.2) is 93.8 Å². The van der Waals surface area contributed by atoms with Crippen LogP contribution in [0.25, 0.3) is 38.5 Å². The van der Waals surface area contributed by atoms with E-state index in [1.165, 1.54) is 31.5 Å². The maximum absolute atomic E-state index is 17.1. The van der Waals surface area contributed by atoms with Crippen LogP contribution in [0.3, 0.4) is 0 Å². The van der Waals surface area contributed by atoms with Gasteiger partial charge in [-0.25, -0.2) is 22.4 Å². The quantitative estimate of drug-likeness (QED) is 0.133. The summed E-state index contributed by atoms with van der Waals surface area (Å²) in [5.74, 6) is -2.93. The molecule has 2 bridgehead atoms. The molecule has 3 saturated heterocycles. The smallest absolute Gasteiger partial charge is 0.411 e. The molecule has 4 aliphatic rings. The lowest BCUT2D eigenvalue weighted by Gasteiger charge is -2.35. The summed E-state index contributed by atoms with van der Waals surface area (Å²) >= 11 is 0. The minimum Gasteiger partial charge on any atom is -0.468 e. The monoisotopic (exact) mass is 735 g/mol. The van der Waals surface area contributed by atoms with Crippen LogP contribution >= 0.6 is 0 Å². The Morgan fingerprint density at radius 1 is 1.06 bits per heavy atom. The number of halogens is 4. The van der Waals surface area contributed by atoms with E-state index in [1.54, 1.807) is 4.90 Å². The van der Waals surface area contributed by atoms with Crippen molar-refractivity contribution in [3.8, 4) is 23.0 Å². The number of nitrogens with zero attached hydrogens (tertiary/aromatic N) is 5. The van der Waals surface area contributed by atoms with Gasteiger partial charge in [0.15, 0.2) is 24.2 Å². The van der Waals surface area contributed by atoms with Gasteiger partial charge in [-0.3, -0.25) is 14.8 Å². The van der Waals surface area contributed by atoms with E-state index >= 15 is 8.78 Å². The number of hydrogen-bond donors (Lipinski definition) is 0. The van der Waals surface area contributed by atoms with Crippen LogP contribution < -0.4 is 9.47 Å². The summed E-state index contributed by atoms with van der Waals surface area (Å²) < 4.78 is 84.4. The summed E-state index contributed by atoms with van der Waals surface area (Å²) in [6.07, 6.45) is 5.86. The highest BCUT2D eigenvalue weighted by atomic mass is 19.2. The first-order chi connectivity index (χ1) is 25.3. The number of hydrogen-bond acceptors (Lipinski definition) is 9. The van der Waals surface area contributed by atoms with Gasteiger partial charge in [0.1, 0.15) is 35.3 Å². The van der Waals surface area contributed by atoms with E-state index in [1.807, 2.05) is 26.8 Å². The number of alkyl halides is 1. The maximum Gasteiger partial charge on any atom is 0.411 e. The molecule has 0 N–H and O–H groups in total. The van der Waals surface area contributed by atoms with Crippen LogP contribution in [-0.2, 0) is 9.47 Å². The first kappa shape index (κ1) is 35.5. The number of aromatic nitrogens is 3. The number of pyridine rings is 1. The lowest BCUT2D eigenvalue weighted by molar-refractivity contribution is 0.0175. The Labute approximate surface area is 304 Å². The van der Waals surface area contributed by atoms with Crippen LogP contribution in [0, 0.1) is 17.5 Å². The van der Waals surface area contributed by atoms with Gasteiger partial charge in [0.2, 0.25) is 0 Å². The minimum absolute atomic E-state index is 0.0454. The fourth-order valence-corrected chi connectivity index (χ4v) is 8.55. The van der Waals surface area contributed by atoms with E-state index < -0.39 is 40.9 Å². The number of ether oxygens (including phenoxy) is 4. The van der Waals surface area contributed by atoms with E-state index in [-0.39, 0.29) is 70.2 Å². The molecule has 0 radical (unpaired) electrons. The van der Waals surface area contributed by atoms with Crippen LogP contribution in [0.4, 0.5) is 22.4 Å². The molecule has 4 aromatic rings. The molecule has 10 nitrogen and oxygen atoms in total. The fraction of sp³-hybridized carbons (Fsp3) is 0.487. The van der Waals surface area contributed by atoms with Crippen LogP contribution in [0.15, 0.2) is 36.5 Å². The van der Waals surface area contributed by atoms with E-state index in [0.29, 0.717) is 25.1 Å². The number of carbonyl (C=O) groups is 1. The Balaban J connectivity index is 1.26. The van der Waals surface area contributed by atoms with Gasteiger partial charge in [-0.1, -0.05) is 12.1 Å². The molecule has 4 aliphatic heterocycles. The van der Waals surface area contributed by atoms with E-state index in [9.17, 15) is 13.6 Å². The summed E-state index contributed by atoms with van der Waals surface area (Å²) in [4.78, 5) is 30.9. The summed E-state index contributed by atoms with van der Waals surface area (Å²) in [7, 11) is 1.44. The number of amides is 1. The second-order valence-electron chi connectivity index (χ2n) is 15.5. The third-order valence-electron chi connectivity index (χ3n) is 10.8. The summed E-state index contributed by atoms with van der Waals surface area (Å²) in [5.41, 5.74) is -0.489. The van der Waals surface area contributed by atoms with Crippen LogP contribution in [0.2, 0.25) is 0 Å². The zero-order chi connectivity index (χ0) is 37.2. The molecule has 6 heterocycles. The Kier molecular flexibility index (Phi) is 8.96. The number of methoxy groups -OCH3 is 1. The molecule has 2 aromatic heterocycles. The van der Waals surface area contributed by atoms with Crippen molar-refractivity contribution in [1.29, 1.82) is 0 Å². The van der Waals surface area contributed by atoms with Crippen molar-refractivity contribution in [2.75, 3.05) is 33.6 Å². The molecule has 8 rings (SSSR count). The molecule has 0 saturated carbocycles. The zero-order valence-electron chi connectivity index (χ0n) is 30.1. The zero-order valence-corrected chi connectivity index (χ0v) is 30.1. The van der Waals surface area contributed by atoms with Gasteiger partial charge in [-0.2, -0.15) is 9.97 Å². The molecule has 280 valence electrons. The molecular weight excluding hydrogens is 694 g/mol. The highest BCUT2D eigenvalue weighted by Gasteiger charge is 2.49. The third-order valence-corrected chi connectivity index (χ3v) is 10.8. The molecule has 3 fully saturated rings. The third kappa shape index (κ3) is 6.43. The SMILES string of the molecule is COCOc1cc(-c2ncc3c(C4=CC5CCC(C4)N5C(=O)OC(C)(C)C)nc(OC[C@@]45CCCN4C[C@H](F)C5)nc3c2F)c2c(F)c(F)ccc2c1. The summed E-state index contributed by atoms with van der Waals surface area (Å²) in [5, 5.41) is 0.368. The topological polar surface area (TPSA) is 99.1 Å². The van der Waals surface area contributed by atoms with Gasteiger partial charge in [0.05, 0.1) is 17.3 Å². The van der Waals surface area contributed by atoms with Crippen LogP contribution in [0.5, 0.6) is 11.8 Å². The number of carbonyl (C=O) groups excluding carboxylic acids is 1. The Morgan fingerprint density at radius 3 is 2.66 bits per heavy atom. The summed E-state index contributed by atoms with van der Waals surface area (Å²) in [6.45, 7) is 6.54. The number of rotatable bonds is 8. The van der Waals surface area contributed by atoms with Crippen molar-refractivity contribution in [1.82, 2.24) is 24.8 Å². The largest absolute Gasteiger partial charge is 0.468 e. The van der Waals surface area contributed by atoms with E-state index in [0.717, 1.165) is 43.9 Å². The highest BCUT2D eigenvalue weighted by molar-refractivity contribution is 6.00. The van der Waals surface area contributed by atoms with Gasteiger partial charge in [0.25, 0.3) is 0 Å². The lowest BCUT2D eigenvalue weighted by Crippen LogP contribution is -2.45. The minimum atomic E-state index is -1.16.